The van der Waals surface area contributed by atoms with Gasteiger partial charge in [-0.15, -0.1) is 0 Å². The smallest absolute Gasteiger partial charge is 0.00116 e. The Balaban J connectivity index is 2.07. The second kappa shape index (κ2) is 6.06. The van der Waals surface area contributed by atoms with Crippen molar-refractivity contribution in [2.75, 3.05) is 0 Å². The molecular weight excluding hydrogens is 360 g/mol. The van der Waals surface area contributed by atoms with Crippen LogP contribution in [-0.4, -0.2) is 0 Å². The SMILES string of the molecule is Cc1cc2cc(C)c3c(C)ccc(C)c3c2c2c1ccc1ccc3ccccc3c12. The molecule has 0 fully saturated rings. The molecule has 0 saturated heterocycles. The summed E-state index contributed by atoms with van der Waals surface area (Å²) >= 11 is 0. The second-order valence-corrected chi connectivity index (χ2v) is 8.81. The van der Waals surface area contributed by atoms with Gasteiger partial charge in [0.25, 0.3) is 0 Å². The minimum atomic E-state index is 1.30. The maximum atomic E-state index is 2.39. The number of aryl methyl sites for hydroxylation is 4. The summed E-state index contributed by atoms with van der Waals surface area (Å²) in [5, 5.41) is 13.7. The summed E-state index contributed by atoms with van der Waals surface area (Å²) < 4.78 is 0. The topological polar surface area (TPSA) is 0 Å². The summed E-state index contributed by atoms with van der Waals surface area (Å²) in [5.74, 6) is 0. The molecule has 6 rings (SSSR count). The largest absolute Gasteiger partial charge is 0.0616 e. The predicted octanol–water partition coefficient (Wildman–Crippen LogP) is 8.69. The fourth-order valence-electron chi connectivity index (χ4n) is 5.54. The monoisotopic (exact) mass is 384 g/mol. The summed E-state index contributed by atoms with van der Waals surface area (Å²) in [6.07, 6.45) is 0. The van der Waals surface area contributed by atoms with E-state index in [9.17, 15) is 0 Å². The molecule has 0 heterocycles. The quantitative estimate of drug-likeness (QED) is 0.230. The lowest BCUT2D eigenvalue weighted by Crippen LogP contribution is -1.92. The average Bonchev–Trinajstić information content (AvgIpc) is 2.75. The zero-order valence-corrected chi connectivity index (χ0v) is 17.9. The lowest BCUT2D eigenvalue weighted by Gasteiger charge is -2.18. The van der Waals surface area contributed by atoms with Crippen molar-refractivity contribution >= 4 is 53.9 Å². The normalized spacial score (nSPS) is 12.0. The minimum absolute atomic E-state index is 1.30. The minimum Gasteiger partial charge on any atom is -0.0616 e. The third kappa shape index (κ3) is 2.22. The van der Waals surface area contributed by atoms with Gasteiger partial charge in [-0.05, 0) is 104 Å². The van der Waals surface area contributed by atoms with Crippen LogP contribution in [0.3, 0.4) is 0 Å². The first-order chi connectivity index (χ1) is 14.5. The number of hydrogen-bond acceptors (Lipinski definition) is 0. The molecule has 0 nitrogen and oxygen atoms in total. The second-order valence-electron chi connectivity index (χ2n) is 8.81. The Hall–Kier alpha value is -3.38. The highest BCUT2D eigenvalue weighted by Gasteiger charge is 2.16. The first-order valence-electron chi connectivity index (χ1n) is 10.7. The average molecular weight is 385 g/mol. The molecule has 0 aliphatic heterocycles. The van der Waals surface area contributed by atoms with Crippen molar-refractivity contribution in [1.29, 1.82) is 0 Å². The van der Waals surface area contributed by atoms with E-state index in [4.69, 9.17) is 0 Å². The molecule has 0 spiro atoms. The van der Waals surface area contributed by atoms with Gasteiger partial charge in [-0.2, -0.15) is 0 Å². The molecule has 0 heteroatoms. The Labute approximate surface area is 176 Å². The summed E-state index contributed by atoms with van der Waals surface area (Å²) in [5.41, 5.74) is 5.42. The zero-order valence-electron chi connectivity index (χ0n) is 17.9. The maximum Gasteiger partial charge on any atom is -0.00116 e. The molecule has 0 radical (unpaired) electrons. The van der Waals surface area contributed by atoms with Crippen LogP contribution in [0.25, 0.3) is 53.9 Å². The van der Waals surface area contributed by atoms with Gasteiger partial charge in [-0.25, -0.2) is 0 Å². The van der Waals surface area contributed by atoms with Crippen molar-refractivity contribution in [2.24, 2.45) is 0 Å². The highest BCUT2D eigenvalue weighted by atomic mass is 14.2. The van der Waals surface area contributed by atoms with Crippen LogP contribution in [0.2, 0.25) is 0 Å². The first-order valence-corrected chi connectivity index (χ1v) is 10.7. The predicted molar refractivity (Wildman–Crippen MR) is 133 cm³/mol. The van der Waals surface area contributed by atoms with Gasteiger partial charge < -0.3 is 0 Å². The van der Waals surface area contributed by atoms with Gasteiger partial charge in [-0.3, -0.25) is 0 Å². The molecule has 0 N–H and O–H groups in total. The Bertz CT molecular complexity index is 1670. The molecule has 0 unspecified atom stereocenters. The Kier molecular flexibility index (Phi) is 3.53. The summed E-state index contributed by atoms with van der Waals surface area (Å²) in [4.78, 5) is 0. The van der Waals surface area contributed by atoms with E-state index in [0.717, 1.165) is 0 Å². The molecule has 0 aromatic heterocycles. The molecular formula is C30H24. The standard InChI is InChI=1S/C30H24/c1-17-9-10-18(2)27-26(17)20(4)16-23-15-19(3)24-14-13-22-12-11-21-7-5-6-8-25(21)28(22)30(24)29(23)27/h5-16H,1-4H3. The molecule has 0 atom stereocenters. The molecule has 0 aliphatic rings. The molecule has 30 heavy (non-hydrogen) atoms. The van der Waals surface area contributed by atoms with Crippen molar-refractivity contribution in [3.05, 3.63) is 95.1 Å². The van der Waals surface area contributed by atoms with Gasteiger partial charge in [0, 0.05) is 0 Å². The summed E-state index contributed by atoms with van der Waals surface area (Å²) in [7, 11) is 0. The van der Waals surface area contributed by atoms with Crippen molar-refractivity contribution in [3.63, 3.8) is 0 Å². The summed E-state index contributed by atoms with van der Waals surface area (Å²) in [6, 6.07) is 27.2. The number of benzene rings is 6. The van der Waals surface area contributed by atoms with Gasteiger partial charge in [0.15, 0.2) is 0 Å². The van der Waals surface area contributed by atoms with E-state index in [1.165, 1.54) is 76.1 Å². The van der Waals surface area contributed by atoms with Gasteiger partial charge in [0.1, 0.15) is 0 Å². The van der Waals surface area contributed by atoms with Crippen LogP contribution in [0.4, 0.5) is 0 Å². The number of hydrogen-bond donors (Lipinski definition) is 0. The molecule has 6 aromatic rings. The molecule has 0 aliphatic carbocycles. The van der Waals surface area contributed by atoms with E-state index in [1.807, 2.05) is 0 Å². The molecule has 0 amide bonds. The van der Waals surface area contributed by atoms with E-state index >= 15 is 0 Å². The third-order valence-corrected chi connectivity index (χ3v) is 6.88. The van der Waals surface area contributed by atoms with Gasteiger partial charge in [0.2, 0.25) is 0 Å². The zero-order chi connectivity index (χ0) is 20.6. The fraction of sp³-hybridized carbons (Fsp3) is 0.133. The molecule has 0 saturated carbocycles. The van der Waals surface area contributed by atoms with E-state index in [1.54, 1.807) is 0 Å². The van der Waals surface area contributed by atoms with Crippen molar-refractivity contribution in [3.8, 4) is 0 Å². The lowest BCUT2D eigenvalue weighted by atomic mass is 9.85. The summed E-state index contributed by atoms with van der Waals surface area (Å²) in [6.45, 7) is 9.01. The molecule has 6 aromatic carbocycles. The van der Waals surface area contributed by atoms with E-state index in [-0.39, 0.29) is 0 Å². The van der Waals surface area contributed by atoms with E-state index < -0.39 is 0 Å². The van der Waals surface area contributed by atoms with E-state index in [0.29, 0.717) is 0 Å². The van der Waals surface area contributed by atoms with Crippen LogP contribution in [0, 0.1) is 27.7 Å². The van der Waals surface area contributed by atoms with Crippen LogP contribution in [0.1, 0.15) is 22.3 Å². The molecule has 144 valence electrons. The van der Waals surface area contributed by atoms with Gasteiger partial charge in [0.05, 0.1) is 0 Å². The van der Waals surface area contributed by atoms with Gasteiger partial charge in [-0.1, -0.05) is 72.8 Å². The highest BCUT2D eigenvalue weighted by Crippen LogP contribution is 2.42. The fourth-order valence-corrected chi connectivity index (χ4v) is 5.54. The van der Waals surface area contributed by atoms with Crippen LogP contribution >= 0.6 is 0 Å². The van der Waals surface area contributed by atoms with Crippen molar-refractivity contribution in [2.45, 2.75) is 27.7 Å². The van der Waals surface area contributed by atoms with Crippen LogP contribution < -0.4 is 0 Å². The Morgan fingerprint density at radius 3 is 1.87 bits per heavy atom. The Morgan fingerprint density at radius 2 is 1.03 bits per heavy atom. The van der Waals surface area contributed by atoms with Crippen LogP contribution in [-0.2, 0) is 0 Å². The Morgan fingerprint density at radius 1 is 0.367 bits per heavy atom. The number of rotatable bonds is 0. The third-order valence-electron chi connectivity index (χ3n) is 6.88. The first kappa shape index (κ1) is 17.5. The van der Waals surface area contributed by atoms with Crippen LogP contribution in [0.15, 0.2) is 72.8 Å². The highest BCUT2D eigenvalue weighted by molar-refractivity contribution is 6.33. The maximum absolute atomic E-state index is 2.39. The van der Waals surface area contributed by atoms with Gasteiger partial charge >= 0.3 is 0 Å². The van der Waals surface area contributed by atoms with Crippen LogP contribution in [0.5, 0.6) is 0 Å². The molecule has 0 bridgehead atoms. The lowest BCUT2D eigenvalue weighted by molar-refractivity contribution is 1.43. The van der Waals surface area contributed by atoms with Crippen molar-refractivity contribution < 1.29 is 0 Å². The van der Waals surface area contributed by atoms with E-state index in [2.05, 4.69) is 100 Å². The van der Waals surface area contributed by atoms with Crippen molar-refractivity contribution in [1.82, 2.24) is 0 Å². The number of fused-ring (bicyclic) bond motifs is 9.